The Morgan fingerprint density at radius 2 is 2.00 bits per heavy atom. The van der Waals surface area contributed by atoms with E-state index in [0.717, 1.165) is 35.7 Å². The summed E-state index contributed by atoms with van der Waals surface area (Å²) < 4.78 is 45.2. The van der Waals surface area contributed by atoms with Crippen LogP contribution >= 0.6 is 0 Å². The highest BCUT2D eigenvalue weighted by Gasteiger charge is 2.24. The van der Waals surface area contributed by atoms with E-state index in [2.05, 4.69) is 5.32 Å². The molecule has 1 aliphatic heterocycles. The lowest BCUT2D eigenvalue weighted by Crippen LogP contribution is -2.22. The molecule has 0 unspecified atom stereocenters. The highest BCUT2D eigenvalue weighted by Crippen LogP contribution is 2.32. The average Bonchev–Trinajstić information content (AvgIpc) is 2.94. The maximum atomic E-state index is 13.5. The number of fused-ring (bicyclic) bond motifs is 3. The first-order valence-electron chi connectivity index (χ1n) is 7.73. The molecule has 0 radical (unpaired) electrons. The number of rotatable bonds is 2. The molecule has 0 saturated heterocycles. The number of halogens is 1. The van der Waals surface area contributed by atoms with Crippen LogP contribution in [-0.2, 0) is 22.8 Å². The van der Waals surface area contributed by atoms with Crippen molar-refractivity contribution in [3.05, 3.63) is 59.1 Å². The standard InChI is InChI=1S/C18H16FNO3S/c1-11-2-3-12(19)8-18(11)24(21,22)13-4-5-16-15(9-13)14-6-7-20-10-17(14)23-16/h2-5,8-9,20H,6-7,10H2,1H3. The minimum absolute atomic E-state index is 0.000814. The number of hydrogen-bond acceptors (Lipinski definition) is 4. The van der Waals surface area contributed by atoms with Crippen LogP contribution in [0.1, 0.15) is 16.9 Å². The minimum atomic E-state index is -3.79. The van der Waals surface area contributed by atoms with Crippen LogP contribution in [0.15, 0.2) is 50.6 Å². The summed E-state index contributed by atoms with van der Waals surface area (Å²) in [6.07, 6.45) is 0.796. The first kappa shape index (κ1) is 15.4. The van der Waals surface area contributed by atoms with Gasteiger partial charge in [-0.05, 0) is 55.8 Å². The third-order valence-electron chi connectivity index (χ3n) is 4.43. The summed E-state index contributed by atoms with van der Waals surface area (Å²) in [6, 6.07) is 8.65. The zero-order valence-electron chi connectivity index (χ0n) is 13.1. The lowest BCUT2D eigenvalue weighted by atomic mass is 10.1. The molecule has 0 spiro atoms. The molecule has 0 aliphatic carbocycles. The van der Waals surface area contributed by atoms with Crippen LogP contribution in [0.2, 0.25) is 0 Å². The van der Waals surface area contributed by atoms with E-state index in [1.807, 2.05) is 0 Å². The van der Waals surface area contributed by atoms with Crippen molar-refractivity contribution in [1.29, 1.82) is 0 Å². The van der Waals surface area contributed by atoms with Crippen LogP contribution in [0, 0.1) is 12.7 Å². The predicted molar refractivity (Wildman–Crippen MR) is 88.2 cm³/mol. The molecule has 4 nitrogen and oxygen atoms in total. The number of hydrogen-bond donors (Lipinski definition) is 1. The normalized spacial score (nSPS) is 14.8. The van der Waals surface area contributed by atoms with E-state index in [4.69, 9.17) is 4.42 Å². The Labute approximate surface area is 139 Å². The van der Waals surface area contributed by atoms with Crippen molar-refractivity contribution in [2.24, 2.45) is 0 Å². The van der Waals surface area contributed by atoms with Gasteiger partial charge in [-0.15, -0.1) is 0 Å². The first-order chi connectivity index (χ1) is 11.5. The fourth-order valence-electron chi connectivity index (χ4n) is 3.17. The van der Waals surface area contributed by atoms with Crippen molar-refractivity contribution in [2.45, 2.75) is 29.7 Å². The van der Waals surface area contributed by atoms with Gasteiger partial charge in [0.15, 0.2) is 0 Å². The molecule has 1 aliphatic rings. The maximum absolute atomic E-state index is 13.5. The SMILES string of the molecule is Cc1ccc(F)cc1S(=O)(=O)c1ccc2oc3c(c2c1)CCNC3. The Balaban J connectivity index is 1.91. The van der Waals surface area contributed by atoms with Gasteiger partial charge in [-0.1, -0.05) is 6.07 Å². The lowest BCUT2D eigenvalue weighted by Gasteiger charge is -2.11. The maximum Gasteiger partial charge on any atom is 0.206 e. The van der Waals surface area contributed by atoms with Crippen molar-refractivity contribution in [1.82, 2.24) is 5.32 Å². The zero-order chi connectivity index (χ0) is 16.9. The Morgan fingerprint density at radius 1 is 1.17 bits per heavy atom. The van der Waals surface area contributed by atoms with Gasteiger partial charge in [0.25, 0.3) is 0 Å². The third kappa shape index (κ3) is 2.34. The summed E-state index contributed by atoms with van der Waals surface area (Å²) >= 11 is 0. The summed E-state index contributed by atoms with van der Waals surface area (Å²) in [4.78, 5) is 0.159. The molecular weight excluding hydrogens is 329 g/mol. The topological polar surface area (TPSA) is 59.3 Å². The number of sulfone groups is 1. The Bertz CT molecular complexity index is 1050. The molecular formula is C18H16FNO3S. The second-order valence-corrected chi connectivity index (χ2v) is 7.92. The monoisotopic (exact) mass is 345 g/mol. The van der Waals surface area contributed by atoms with Crippen LogP contribution in [0.3, 0.4) is 0 Å². The summed E-state index contributed by atoms with van der Waals surface area (Å²) in [7, 11) is -3.79. The molecule has 0 fully saturated rings. The van der Waals surface area contributed by atoms with Crippen LogP contribution < -0.4 is 5.32 Å². The second-order valence-electron chi connectivity index (χ2n) is 6.00. The lowest BCUT2D eigenvalue weighted by molar-refractivity contribution is 0.488. The van der Waals surface area contributed by atoms with Gasteiger partial charge in [0.05, 0.1) is 16.3 Å². The van der Waals surface area contributed by atoms with E-state index in [0.29, 0.717) is 17.7 Å². The Kier molecular flexibility index (Phi) is 3.47. The fraction of sp³-hybridized carbons (Fsp3) is 0.222. The number of furan rings is 1. The zero-order valence-corrected chi connectivity index (χ0v) is 13.9. The predicted octanol–water partition coefficient (Wildman–Crippen LogP) is 3.36. The van der Waals surface area contributed by atoms with Gasteiger partial charge < -0.3 is 9.73 Å². The molecule has 0 saturated carbocycles. The molecule has 3 aromatic rings. The summed E-state index contributed by atoms with van der Waals surface area (Å²) in [6.45, 7) is 3.15. The van der Waals surface area contributed by atoms with Crippen molar-refractivity contribution in [2.75, 3.05) is 6.54 Å². The molecule has 0 amide bonds. The molecule has 1 N–H and O–H groups in total. The van der Waals surface area contributed by atoms with Gasteiger partial charge >= 0.3 is 0 Å². The van der Waals surface area contributed by atoms with Crippen LogP contribution in [0.25, 0.3) is 11.0 Å². The smallest absolute Gasteiger partial charge is 0.206 e. The molecule has 0 atom stereocenters. The average molecular weight is 345 g/mol. The minimum Gasteiger partial charge on any atom is -0.459 e. The number of nitrogens with one attached hydrogen (secondary N) is 1. The van der Waals surface area contributed by atoms with Gasteiger partial charge in [0.2, 0.25) is 9.84 Å². The molecule has 2 heterocycles. The molecule has 6 heteroatoms. The summed E-state index contributed by atoms with van der Waals surface area (Å²) in [5, 5.41) is 4.05. The molecule has 0 bridgehead atoms. The van der Waals surface area contributed by atoms with E-state index >= 15 is 0 Å². The summed E-state index contributed by atoms with van der Waals surface area (Å²) in [5.74, 6) is 0.291. The van der Waals surface area contributed by atoms with Gasteiger partial charge in [0.1, 0.15) is 17.2 Å². The molecule has 4 rings (SSSR count). The van der Waals surface area contributed by atoms with Gasteiger partial charge in [-0.3, -0.25) is 0 Å². The first-order valence-corrected chi connectivity index (χ1v) is 9.21. The van der Waals surface area contributed by atoms with Gasteiger partial charge in [-0.2, -0.15) is 0 Å². The van der Waals surface area contributed by atoms with E-state index < -0.39 is 15.7 Å². The van der Waals surface area contributed by atoms with Crippen molar-refractivity contribution in [3.8, 4) is 0 Å². The molecule has 2 aromatic carbocycles. The molecule has 24 heavy (non-hydrogen) atoms. The second kappa shape index (κ2) is 5.43. The Hall–Kier alpha value is -2.18. The van der Waals surface area contributed by atoms with Crippen molar-refractivity contribution >= 4 is 20.8 Å². The largest absolute Gasteiger partial charge is 0.459 e. The highest BCUT2D eigenvalue weighted by atomic mass is 32.2. The van der Waals surface area contributed by atoms with Crippen LogP contribution in [0.4, 0.5) is 4.39 Å². The van der Waals surface area contributed by atoms with Crippen molar-refractivity contribution in [3.63, 3.8) is 0 Å². The highest BCUT2D eigenvalue weighted by molar-refractivity contribution is 7.91. The van der Waals surface area contributed by atoms with Gasteiger partial charge in [0, 0.05) is 10.9 Å². The molecule has 124 valence electrons. The van der Waals surface area contributed by atoms with E-state index in [9.17, 15) is 12.8 Å². The number of aryl methyl sites for hydroxylation is 1. The van der Waals surface area contributed by atoms with Crippen LogP contribution in [0.5, 0.6) is 0 Å². The third-order valence-corrected chi connectivity index (χ3v) is 6.33. The van der Waals surface area contributed by atoms with Crippen molar-refractivity contribution < 1.29 is 17.2 Å². The quantitative estimate of drug-likeness (QED) is 0.774. The van der Waals surface area contributed by atoms with Crippen LogP contribution in [-0.4, -0.2) is 15.0 Å². The summed E-state index contributed by atoms with van der Waals surface area (Å²) in [5.41, 5.74) is 2.25. The Morgan fingerprint density at radius 3 is 2.83 bits per heavy atom. The van der Waals surface area contributed by atoms with E-state index in [1.54, 1.807) is 19.1 Å². The molecule has 1 aromatic heterocycles. The van der Waals surface area contributed by atoms with E-state index in [1.165, 1.54) is 18.2 Å². The van der Waals surface area contributed by atoms with E-state index in [-0.39, 0.29) is 9.79 Å². The number of benzene rings is 2. The van der Waals surface area contributed by atoms with Gasteiger partial charge in [-0.25, -0.2) is 12.8 Å². The fourth-order valence-corrected chi connectivity index (χ4v) is 4.70.